The number of hydrogen-bond acceptors (Lipinski definition) is 4. The predicted molar refractivity (Wildman–Crippen MR) is 44.3 cm³/mol. The molecule has 1 aliphatic rings. The van der Waals surface area contributed by atoms with Crippen LogP contribution in [0.2, 0.25) is 0 Å². The lowest BCUT2D eigenvalue weighted by atomic mass is 10.5. The number of carbonyl (C=O) groups is 1. The Labute approximate surface area is 76.9 Å². The number of amidine groups is 1. The summed E-state index contributed by atoms with van der Waals surface area (Å²) < 4.78 is 1.74. The van der Waals surface area contributed by atoms with Gasteiger partial charge in [0, 0.05) is 6.92 Å². The van der Waals surface area contributed by atoms with Crippen LogP contribution in [0.5, 0.6) is 0 Å². The van der Waals surface area contributed by atoms with Gasteiger partial charge < -0.3 is 15.0 Å². The topological polar surface area (TPSA) is 66.6 Å². The zero-order valence-corrected chi connectivity index (χ0v) is 7.69. The van der Waals surface area contributed by atoms with E-state index in [0.717, 1.165) is 12.4 Å². The molecule has 0 saturated carbocycles. The Hall–Kier alpha value is -1.10. The van der Waals surface area contributed by atoms with Crippen molar-refractivity contribution in [2.45, 2.75) is 6.92 Å². The van der Waals surface area contributed by atoms with Gasteiger partial charge in [-0.1, -0.05) is 0 Å². The summed E-state index contributed by atoms with van der Waals surface area (Å²) in [7, 11) is 0. The van der Waals surface area contributed by atoms with Gasteiger partial charge in [-0.2, -0.15) is 0 Å². The van der Waals surface area contributed by atoms with Crippen LogP contribution in [0.1, 0.15) is 6.92 Å². The number of carboxylic acid groups (broad SMARTS) is 1. The first-order valence-electron chi connectivity index (χ1n) is 4.29. The maximum Gasteiger partial charge on any atom is 0.244 e. The third kappa shape index (κ3) is 2.42. The van der Waals surface area contributed by atoms with Crippen LogP contribution in [0.25, 0.3) is 0 Å². The zero-order chi connectivity index (χ0) is 9.84. The number of carbonyl (C=O) groups excluding carboxylic acids is 1. The van der Waals surface area contributed by atoms with Crippen LogP contribution >= 0.6 is 0 Å². The molecule has 0 aromatic rings. The molecular formula is C8H14N2O3. The van der Waals surface area contributed by atoms with Crippen molar-refractivity contribution in [3.63, 3.8) is 0 Å². The minimum atomic E-state index is -1.06. The molecule has 1 aliphatic heterocycles. The molecule has 0 aromatic carbocycles. The van der Waals surface area contributed by atoms with Crippen LogP contribution in [-0.4, -0.2) is 59.2 Å². The van der Waals surface area contributed by atoms with Gasteiger partial charge in [-0.15, -0.1) is 0 Å². The number of aliphatic carboxylic acids is 1. The largest absolute Gasteiger partial charge is 0.546 e. The van der Waals surface area contributed by atoms with Crippen molar-refractivity contribution in [2.75, 3.05) is 32.8 Å². The predicted octanol–water partition coefficient (Wildman–Crippen LogP) is -2.52. The van der Waals surface area contributed by atoms with Crippen molar-refractivity contribution in [2.24, 2.45) is 0 Å². The molecule has 5 nitrogen and oxygen atoms in total. The fourth-order valence-electron chi connectivity index (χ4n) is 1.51. The van der Waals surface area contributed by atoms with Crippen LogP contribution in [0.4, 0.5) is 0 Å². The van der Waals surface area contributed by atoms with E-state index in [1.54, 1.807) is 4.58 Å². The second kappa shape index (κ2) is 4.23. The Morgan fingerprint density at radius 3 is 3.00 bits per heavy atom. The molecular weight excluding hydrogens is 172 g/mol. The summed E-state index contributed by atoms with van der Waals surface area (Å²) in [6.45, 7) is 3.92. The molecule has 74 valence electrons. The van der Waals surface area contributed by atoms with Crippen LogP contribution in [0.3, 0.4) is 0 Å². The Bertz CT molecular complexity index is 238. The Morgan fingerprint density at radius 1 is 1.77 bits per heavy atom. The Balaban J connectivity index is 2.59. The normalized spacial score (nSPS) is 16.9. The number of aliphatic hydroxyl groups excluding tert-OH is 1. The average molecular weight is 186 g/mol. The maximum absolute atomic E-state index is 10.3. The molecule has 0 unspecified atom stereocenters. The van der Waals surface area contributed by atoms with Crippen LogP contribution in [0.15, 0.2) is 0 Å². The van der Waals surface area contributed by atoms with E-state index in [-0.39, 0.29) is 13.2 Å². The van der Waals surface area contributed by atoms with Gasteiger partial charge in [-0.05, 0) is 0 Å². The van der Waals surface area contributed by atoms with Gasteiger partial charge in [-0.3, -0.25) is 9.48 Å². The van der Waals surface area contributed by atoms with E-state index in [4.69, 9.17) is 5.11 Å². The molecule has 1 rings (SSSR count). The van der Waals surface area contributed by atoms with E-state index in [0.29, 0.717) is 13.1 Å². The molecule has 0 radical (unpaired) electrons. The number of rotatable bonds is 4. The summed E-state index contributed by atoms with van der Waals surface area (Å²) >= 11 is 0. The van der Waals surface area contributed by atoms with Gasteiger partial charge in [0.1, 0.15) is 26.2 Å². The number of aliphatic hydroxyl groups is 1. The molecule has 0 amide bonds. The quantitative estimate of drug-likeness (QED) is 0.492. The van der Waals surface area contributed by atoms with E-state index in [1.165, 1.54) is 0 Å². The van der Waals surface area contributed by atoms with E-state index in [2.05, 4.69) is 0 Å². The lowest BCUT2D eigenvalue weighted by Crippen LogP contribution is -2.35. The van der Waals surface area contributed by atoms with Crippen LogP contribution in [-0.2, 0) is 4.79 Å². The zero-order valence-electron chi connectivity index (χ0n) is 7.69. The second-order valence-corrected chi connectivity index (χ2v) is 3.05. The van der Waals surface area contributed by atoms with Crippen molar-refractivity contribution in [1.82, 2.24) is 4.90 Å². The van der Waals surface area contributed by atoms with Gasteiger partial charge in [0.15, 0.2) is 0 Å². The fourth-order valence-corrected chi connectivity index (χ4v) is 1.51. The molecule has 13 heavy (non-hydrogen) atoms. The Morgan fingerprint density at radius 2 is 2.46 bits per heavy atom. The van der Waals surface area contributed by atoms with Gasteiger partial charge in [0.2, 0.25) is 5.84 Å². The average Bonchev–Trinajstić information content (AvgIpc) is 2.36. The van der Waals surface area contributed by atoms with Crippen molar-refractivity contribution in [3.8, 4) is 0 Å². The maximum atomic E-state index is 10.3. The number of hydrogen-bond donors (Lipinski definition) is 1. The highest BCUT2D eigenvalue weighted by molar-refractivity contribution is 5.77. The summed E-state index contributed by atoms with van der Waals surface area (Å²) in [5.74, 6) is -0.163. The third-order valence-electron chi connectivity index (χ3n) is 2.25. The van der Waals surface area contributed by atoms with E-state index >= 15 is 0 Å². The standard InChI is InChI=1S/C8H14N2O3/c1-7-9(4-5-11)2-3-10(7)6-8(12)13/h11H,2-6H2,1H3. The number of nitrogens with zero attached hydrogens (tertiary/aromatic N) is 2. The first-order valence-corrected chi connectivity index (χ1v) is 4.29. The van der Waals surface area contributed by atoms with Crippen LogP contribution < -0.4 is 5.11 Å². The van der Waals surface area contributed by atoms with Crippen molar-refractivity contribution < 1.29 is 19.6 Å². The van der Waals surface area contributed by atoms with Gasteiger partial charge >= 0.3 is 0 Å². The van der Waals surface area contributed by atoms with E-state index in [9.17, 15) is 9.90 Å². The lowest BCUT2D eigenvalue weighted by molar-refractivity contribution is -0.519. The summed E-state index contributed by atoms with van der Waals surface area (Å²) in [5, 5.41) is 19.0. The minimum Gasteiger partial charge on any atom is -0.546 e. The second-order valence-electron chi connectivity index (χ2n) is 3.05. The van der Waals surface area contributed by atoms with Crippen LogP contribution in [0, 0.1) is 0 Å². The highest BCUT2D eigenvalue weighted by atomic mass is 16.4. The molecule has 0 bridgehead atoms. The number of β-amino-alcohol motifs (C(OH)–C–C–N with tert-alkyl or cyclic N) is 1. The number of carboxylic acids is 1. The summed E-state index contributed by atoms with van der Waals surface area (Å²) in [4.78, 5) is 12.3. The highest BCUT2D eigenvalue weighted by Crippen LogP contribution is 2.00. The fraction of sp³-hybridized carbons (Fsp3) is 0.750. The molecule has 1 heterocycles. The molecule has 0 spiro atoms. The molecule has 1 N–H and O–H groups in total. The monoisotopic (exact) mass is 186 g/mol. The SMILES string of the molecule is CC1=[N+](CC(=O)[O-])CCN1CCO. The van der Waals surface area contributed by atoms with E-state index in [1.807, 2.05) is 11.8 Å². The summed E-state index contributed by atoms with van der Waals surface area (Å²) in [6, 6.07) is 0. The van der Waals surface area contributed by atoms with E-state index < -0.39 is 5.97 Å². The molecule has 0 aliphatic carbocycles. The molecule has 0 fully saturated rings. The lowest BCUT2D eigenvalue weighted by Gasteiger charge is -2.08. The molecule has 0 aromatic heterocycles. The van der Waals surface area contributed by atoms with Crippen molar-refractivity contribution >= 4 is 11.8 Å². The van der Waals surface area contributed by atoms with Gasteiger partial charge in [0.05, 0.1) is 12.6 Å². The highest BCUT2D eigenvalue weighted by Gasteiger charge is 2.25. The molecule has 5 heteroatoms. The van der Waals surface area contributed by atoms with Gasteiger partial charge in [-0.25, -0.2) is 0 Å². The van der Waals surface area contributed by atoms with Gasteiger partial charge in [0.25, 0.3) is 0 Å². The molecule has 0 saturated heterocycles. The minimum absolute atomic E-state index is 0.0617. The first-order chi connectivity index (χ1) is 6.15. The summed E-state index contributed by atoms with van der Waals surface area (Å²) in [5.41, 5.74) is 0. The smallest absolute Gasteiger partial charge is 0.244 e. The van der Waals surface area contributed by atoms with Crippen molar-refractivity contribution in [1.29, 1.82) is 0 Å². The first kappa shape index (κ1) is 9.98. The van der Waals surface area contributed by atoms with Crippen molar-refractivity contribution in [3.05, 3.63) is 0 Å². The summed E-state index contributed by atoms with van der Waals surface area (Å²) in [6.07, 6.45) is 0. The Kier molecular flexibility index (Phi) is 3.25. The molecule has 0 atom stereocenters. The third-order valence-corrected chi connectivity index (χ3v) is 2.25.